The van der Waals surface area contributed by atoms with Crippen LogP contribution in [0, 0.1) is 0 Å². The van der Waals surface area contributed by atoms with Gasteiger partial charge < -0.3 is 15.1 Å². The molecule has 7 heteroatoms. The number of rotatable bonds is 5. The summed E-state index contributed by atoms with van der Waals surface area (Å²) < 4.78 is 0. The maximum Gasteiger partial charge on any atom is 0.236 e. The predicted molar refractivity (Wildman–Crippen MR) is 124 cm³/mol. The van der Waals surface area contributed by atoms with Crippen molar-refractivity contribution in [2.75, 3.05) is 52.9 Å². The van der Waals surface area contributed by atoms with E-state index in [1.807, 2.05) is 36.3 Å². The van der Waals surface area contributed by atoms with E-state index in [-0.39, 0.29) is 5.91 Å². The Morgan fingerprint density at radius 3 is 2.52 bits per heavy atom. The van der Waals surface area contributed by atoms with Crippen molar-refractivity contribution in [3.8, 4) is 11.3 Å². The van der Waals surface area contributed by atoms with Crippen LogP contribution in [0.4, 0.5) is 0 Å². The topological polar surface area (TPSA) is 64.1 Å². The number of likely N-dealkylation sites (tertiary alicyclic amines) is 1. The fourth-order valence-electron chi connectivity index (χ4n) is 4.26. The summed E-state index contributed by atoms with van der Waals surface area (Å²) in [4.78, 5) is 27.9. The molecule has 2 aliphatic rings. The van der Waals surface area contributed by atoms with Crippen LogP contribution in [0.1, 0.15) is 18.4 Å². The van der Waals surface area contributed by atoms with E-state index in [2.05, 4.69) is 49.4 Å². The predicted octanol–water partition coefficient (Wildman–Crippen LogP) is 2.06. The highest BCUT2D eigenvalue weighted by molar-refractivity contribution is 5.80. The molecule has 2 saturated heterocycles. The highest BCUT2D eigenvalue weighted by Gasteiger charge is 2.24. The molecule has 0 unspecified atom stereocenters. The lowest BCUT2D eigenvalue weighted by Crippen LogP contribution is -2.54. The molecule has 31 heavy (non-hydrogen) atoms. The van der Waals surface area contributed by atoms with Gasteiger partial charge in [0.1, 0.15) is 0 Å². The molecule has 0 atom stereocenters. The molecule has 1 aromatic carbocycles. The maximum absolute atomic E-state index is 12.4. The molecule has 1 amide bonds. The van der Waals surface area contributed by atoms with Crippen LogP contribution in [0.25, 0.3) is 11.3 Å². The van der Waals surface area contributed by atoms with E-state index in [0.717, 1.165) is 69.3 Å². The highest BCUT2D eigenvalue weighted by atomic mass is 16.2. The Kier molecular flexibility index (Phi) is 7.14. The lowest BCUT2D eigenvalue weighted by atomic mass is 10.1. The first-order chi connectivity index (χ1) is 15.2. The van der Waals surface area contributed by atoms with Crippen molar-refractivity contribution < 1.29 is 4.79 Å². The lowest BCUT2D eigenvalue weighted by molar-refractivity contribution is -0.131. The third-order valence-electron chi connectivity index (χ3n) is 6.04. The molecular formula is C24H32N6O. The molecule has 2 aromatic rings. The van der Waals surface area contributed by atoms with E-state index < -0.39 is 0 Å². The quantitative estimate of drug-likeness (QED) is 0.593. The van der Waals surface area contributed by atoms with Crippen LogP contribution in [0.3, 0.4) is 0 Å². The molecule has 0 radical (unpaired) electrons. The number of aromatic nitrogens is 1. The summed E-state index contributed by atoms with van der Waals surface area (Å²) in [6, 6.07) is 14.4. The summed E-state index contributed by atoms with van der Waals surface area (Å²) in [5, 5.41) is 3.50. The zero-order chi connectivity index (χ0) is 21.5. The molecule has 0 spiro atoms. The number of benzene rings is 1. The van der Waals surface area contributed by atoms with Gasteiger partial charge in [-0.25, -0.2) is 0 Å². The largest absolute Gasteiger partial charge is 0.352 e. The van der Waals surface area contributed by atoms with E-state index in [4.69, 9.17) is 0 Å². The van der Waals surface area contributed by atoms with Crippen molar-refractivity contribution in [2.24, 2.45) is 4.99 Å². The van der Waals surface area contributed by atoms with Gasteiger partial charge >= 0.3 is 0 Å². The summed E-state index contributed by atoms with van der Waals surface area (Å²) in [5.41, 5.74) is 3.29. The molecule has 3 heterocycles. The number of guanidine groups is 1. The molecular weight excluding hydrogens is 388 g/mol. The second-order valence-electron chi connectivity index (χ2n) is 8.17. The minimum absolute atomic E-state index is 0.279. The third kappa shape index (κ3) is 5.61. The molecule has 2 aliphatic heterocycles. The van der Waals surface area contributed by atoms with Gasteiger partial charge in [-0.05, 0) is 36.6 Å². The first-order valence-corrected chi connectivity index (χ1v) is 11.2. The van der Waals surface area contributed by atoms with Gasteiger partial charge in [0.05, 0.1) is 12.2 Å². The SMILES string of the molecule is CN=C(NCc1cccc(-c2ccccn2)c1)N1CCN(CC(=O)N2CCCC2)CC1. The van der Waals surface area contributed by atoms with Crippen LogP contribution in [0.2, 0.25) is 0 Å². The van der Waals surface area contributed by atoms with Gasteiger partial charge in [-0.3, -0.25) is 19.7 Å². The second kappa shape index (κ2) is 10.4. The normalized spacial score (nSPS) is 17.8. The Bertz CT molecular complexity index is 886. The molecule has 4 rings (SSSR count). The van der Waals surface area contributed by atoms with Gasteiger partial charge in [0.25, 0.3) is 0 Å². The van der Waals surface area contributed by atoms with Gasteiger partial charge in [0, 0.05) is 64.6 Å². The zero-order valence-electron chi connectivity index (χ0n) is 18.3. The molecule has 0 aliphatic carbocycles. The average molecular weight is 421 g/mol. The van der Waals surface area contributed by atoms with E-state index in [1.54, 1.807) is 0 Å². The van der Waals surface area contributed by atoms with Crippen LogP contribution in [-0.4, -0.2) is 84.4 Å². The Labute approximate surface area is 184 Å². The summed E-state index contributed by atoms with van der Waals surface area (Å²) >= 11 is 0. The van der Waals surface area contributed by atoms with Crippen LogP contribution < -0.4 is 5.32 Å². The second-order valence-corrected chi connectivity index (χ2v) is 8.17. The highest BCUT2D eigenvalue weighted by Crippen LogP contribution is 2.17. The minimum Gasteiger partial charge on any atom is -0.352 e. The van der Waals surface area contributed by atoms with Crippen molar-refractivity contribution in [2.45, 2.75) is 19.4 Å². The van der Waals surface area contributed by atoms with Crippen molar-refractivity contribution in [1.82, 2.24) is 25.0 Å². The minimum atomic E-state index is 0.279. The van der Waals surface area contributed by atoms with Crippen LogP contribution in [0.15, 0.2) is 53.7 Å². The molecule has 164 valence electrons. The molecule has 1 N–H and O–H groups in total. The van der Waals surface area contributed by atoms with Gasteiger partial charge in [-0.2, -0.15) is 0 Å². The first kappa shape index (κ1) is 21.3. The van der Waals surface area contributed by atoms with Gasteiger partial charge in [-0.15, -0.1) is 0 Å². The number of nitrogens with zero attached hydrogens (tertiary/aromatic N) is 5. The number of carbonyl (C=O) groups is 1. The lowest BCUT2D eigenvalue weighted by Gasteiger charge is -2.36. The number of pyridine rings is 1. The molecule has 7 nitrogen and oxygen atoms in total. The maximum atomic E-state index is 12.4. The van der Waals surface area contributed by atoms with Gasteiger partial charge in [0.2, 0.25) is 5.91 Å². The number of carbonyl (C=O) groups excluding carboxylic acids is 1. The van der Waals surface area contributed by atoms with Crippen molar-refractivity contribution in [3.05, 3.63) is 54.2 Å². The molecule has 0 bridgehead atoms. The zero-order valence-corrected chi connectivity index (χ0v) is 18.3. The van der Waals surface area contributed by atoms with Gasteiger partial charge in [-0.1, -0.05) is 24.3 Å². The van der Waals surface area contributed by atoms with Crippen LogP contribution >= 0.6 is 0 Å². The van der Waals surface area contributed by atoms with Crippen LogP contribution in [0.5, 0.6) is 0 Å². The Balaban J connectivity index is 1.27. The Morgan fingerprint density at radius 1 is 1.00 bits per heavy atom. The van der Waals surface area contributed by atoms with E-state index >= 15 is 0 Å². The summed E-state index contributed by atoms with van der Waals surface area (Å²) in [7, 11) is 1.83. The summed E-state index contributed by atoms with van der Waals surface area (Å²) in [5.74, 6) is 1.19. The summed E-state index contributed by atoms with van der Waals surface area (Å²) in [6.45, 7) is 6.63. The molecule has 0 saturated carbocycles. The van der Waals surface area contributed by atoms with Crippen molar-refractivity contribution in [1.29, 1.82) is 0 Å². The number of nitrogens with one attached hydrogen (secondary N) is 1. The number of aliphatic imine (C=N–C) groups is 1. The smallest absolute Gasteiger partial charge is 0.236 e. The number of hydrogen-bond donors (Lipinski definition) is 1. The fraction of sp³-hybridized carbons (Fsp3) is 0.458. The number of piperazine rings is 1. The molecule has 1 aromatic heterocycles. The fourth-order valence-corrected chi connectivity index (χ4v) is 4.26. The average Bonchev–Trinajstić information content (AvgIpc) is 3.37. The van der Waals surface area contributed by atoms with E-state index in [0.29, 0.717) is 13.1 Å². The Hall–Kier alpha value is -2.93. The standard InChI is InChI=1S/C24H32N6O/c1-25-24(27-18-20-7-6-8-21(17-20)22-9-2-3-10-26-22)30-15-13-28(14-16-30)19-23(31)29-11-4-5-12-29/h2-3,6-10,17H,4-5,11-16,18-19H2,1H3,(H,25,27). The van der Waals surface area contributed by atoms with Crippen molar-refractivity contribution >= 4 is 11.9 Å². The number of amides is 1. The van der Waals surface area contributed by atoms with Crippen LogP contribution in [-0.2, 0) is 11.3 Å². The van der Waals surface area contributed by atoms with Gasteiger partial charge in [0.15, 0.2) is 5.96 Å². The van der Waals surface area contributed by atoms with Crippen molar-refractivity contribution in [3.63, 3.8) is 0 Å². The first-order valence-electron chi connectivity index (χ1n) is 11.2. The van der Waals surface area contributed by atoms with E-state index in [9.17, 15) is 4.79 Å². The number of hydrogen-bond acceptors (Lipinski definition) is 4. The Morgan fingerprint density at radius 2 is 1.81 bits per heavy atom. The molecule has 2 fully saturated rings. The summed E-state index contributed by atoms with van der Waals surface area (Å²) in [6.07, 6.45) is 4.11. The van der Waals surface area contributed by atoms with E-state index in [1.165, 1.54) is 5.56 Å². The third-order valence-corrected chi connectivity index (χ3v) is 6.04. The monoisotopic (exact) mass is 420 g/mol.